The largest absolute Gasteiger partial charge is 0.452 e. The highest BCUT2D eigenvalue weighted by Crippen LogP contribution is 2.15. The normalized spacial score (nSPS) is 11.8. The van der Waals surface area contributed by atoms with Gasteiger partial charge in [-0.05, 0) is 37.6 Å². The molecule has 3 rings (SSSR count). The van der Waals surface area contributed by atoms with Gasteiger partial charge in [-0.1, -0.05) is 24.3 Å². The highest BCUT2D eigenvalue weighted by atomic mass is 19.1. The van der Waals surface area contributed by atoms with Crippen LogP contribution in [0.25, 0.3) is 10.8 Å². The topological polar surface area (TPSA) is 101 Å². The molecule has 0 aliphatic carbocycles. The molecule has 0 bridgehead atoms. The van der Waals surface area contributed by atoms with Gasteiger partial charge >= 0.3 is 5.97 Å². The number of nitrogens with zero attached hydrogens (tertiary/aromatic N) is 1. The first kappa shape index (κ1) is 19.2. The Kier molecular flexibility index (Phi) is 5.49. The molecule has 144 valence electrons. The van der Waals surface area contributed by atoms with E-state index in [-0.39, 0.29) is 17.7 Å². The van der Waals surface area contributed by atoms with Gasteiger partial charge in [-0.3, -0.25) is 14.4 Å². The van der Waals surface area contributed by atoms with Crippen molar-refractivity contribution >= 4 is 28.3 Å². The van der Waals surface area contributed by atoms with Crippen LogP contribution in [0.1, 0.15) is 18.2 Å². The summed E-state index contributed by atoms with van der Waals surface area (Å²) in [6, 6.07) is 11.0. The second-order valence-electron chi connectivity index (χ2n) is 6.31. The van der Waals surface area contributed by atoms with E-state index in [9.17, 15) is 18.8 Å². The Morgan fingerprint density at radius 3 is 2.64 bits per heavy atom. The minimum absolute atomic E-state index is 0.214. The van der Waals surface area contributed by atoms with Crippen molar-refractivity contribution < 1.29 is 18.7 Å². The number of ether oxygens (including phenoxy) is 1. The Bertz CT molecular complexity index is 1110. The average Bonchev–Trinajstić information content (AvgIpc) is 2.67. The van der Waals surface area contributed by atoms with Crippen molar-refractivity contribution in [1.29, 1.82) is 0 Å². The van der Waals surface area contributed by atoms with Crippen molar-refractivity contribution in [3.63, 3.8) is 0 Å². The number of nitrogens with one attached hydrogen (secondary N) is 2. The van der Waals surface area contributed by atoms with Crippen LogP contribution in [-0.2, 0) is 20.7 Å². The number of carbonyl (C=O) groups is 2. The summed E-state index contributed by atoms with van der Waals surface area (Å²) >= 11 is 0. The smallest absolute Gasteiger partial charge is 0.312 e. The average molecular weight is 383 g/mol. The van der Waals surface area contributed by atoms with Crippen molar-refractivity contribution in [2.45, 2.75) is 26.4 Å². The Balaban J connectivity index is 1.66. The van der Waals surface area contributed by atoms with Crippen LogP contribution in [0.4, 0.5) is 10.1 Å². The molecule has 3 aromatic rings. The number of anilines is 1. The predicted octanol–water partition coefficient (Wildman–Crippen LogP) is 2.48. The van der Waals surface area contributed by atoms with Crippen LogP contribution in [0.5, 0.6) is 0 Å². The van der Waals surface area contributed by atoms with Gasteiger partial charge in [0.15, 0.2) is 6.10 Å². The van der Waals surface area contributed by atoms with Gasteiger partial charge in [0.2, 0.25) is 0 Å². The molecule has 0 radical (unpaired) electrons. The van der Waals surface area contributed by atoms with E-state index in [0.717, 1.165) is 0 Å². The summed E-state index contributed by atoms with van der Waals surface area (Å²) in [6.45, 7) is 3.02. The van der Waals surface area contributed by atoms with E-state index < -0.39 is 23.8 Å². The lowest BCUT2D eigenvalue weighted by Crippen LogP contribution is -2.30. The number of esters is 1. The standard InChI is InChI=1S/C20H18FN3O4/c1-11-7-8-13(9-16(11)21)22-19(26)12(2)28-18(25)10-17-14-5-3-4-6-15(14)20(27)24-23-17/h3-9,12H,10H2,1-2H3,(H,22,26)(H,24,27)/t12-/m1/s1. The molecular formula is C20H18FN3O4. The zero-order valence-electron chi connectivity index (χ0n) is 15.3. The molecule has 7 nitrogen and oxygen atoms in total. The highest BCUT2D eigenvalue weighted by molar-refractivity contribution is 5.95. The van der Waals surface area contributed by atoms with Crippen molar-refractivity contribution in [3.8, 4) is 0 Å². The summed E-state index contributed by atoms with van der Waals surface area (Å²) in [5, 5.41) is 9.69. The molecule has 8 heteroatoms. The number of fused-ring (bicyclic) bond motifs is 1. The molecule has 0 saturated carbocycles. The lowest BCUT2D eigenvalue weighted by molar-refractivity contribution is -0.152. The first-order valence-electron chi connectivity index (χ1n) is 8.58. The molecule has 0 unspecified atom stereocenters. The third-order valence-corrected chi connectivity index (χ3v) is 4.20. The van der Waals surface area contributed by atoms with Crippen LogP contribution in [0.2, 0.25) is 0 Å². The first-order chi connectivity index (χ1) is 13.3. The number of aromatic nitrogens is 2. The van der Waals surface area contributed by atoms with Gasteiger partial charge in [-0.25, -0.2) is 9.49 Å². The fourth-order valence-corrected chi connectivity index (χ4v) is 2.65. The van der Waals surface area contributed by atoms with Crippen LogP contribution < -0.4 is 10.9 Å². The van der Waals surface area contributed by atoms with Crippen molar-refractivity contribution in [1.82, 2.24) is 10.2 Å². The number of amides is 1. The molecule has 0 saturated heterocycles. The molecule has 0 aliphatic heterocycles. The molecule has 1 atom stereocenters. The zero-order chi connectivity index (χ0) is 20.3. The van der Waals surface area contributed by atoms with Crippen LogP contribution in [-0.4, -0.2) is 28.2 Å². The third-order valence-electron chi connectivity index (χ3n) is 4.20. The van der Waals surface area contributed by atoms with Crippen LogP contribution in [0.3, 0.4) is 0 Å². The fraction of sp³-hybridized carbons (Fsp3) is 0.200. The Labute approximate surface area is 159 Å². The van der Waals surface area contributed by atoms with Crippen molar-refractivity contribution in [2.24, 2.45) is 0 Å². The number of benzene rings is 2. The van der Waals surface area contributed by atoms with Crippen LogP contribution in [0, 0.1) is 12.7 Å². The van der Waals surface area contributed by atoms with E-state index in [1.54, 1.807) is 37.3 Å². The minimum Gasteiger partial charge on any atom is -0.452 e. The Morgan fingerprint density at radius 1 is 1.21 bits per heavy atom. The van der Waals surface area contributed by atoms with Gasteiger partial charge in [0.25, 0.3) is 11.5 Å². The number of hydrogen-bond acceptors (Lipinski definition) is 5. The number of rotatable bonds is 5. The molecule has 0 spiro atoms. The molecule has 1 heterocycles. The highest BCUT2D eigenvalue weighted by Gasteiger charge is 2.20. The van der Waals surface area contributed by atoms with Gasteiger partial charge in [-0.15, -0.1) is 0 Å². The third kappa shape index (κ3) is 4.22. The maximum atomic E-state index is 13.6. The lowest BCUT2D eigenvalue weighted by atomic mass is 10.1. The Hall–Kier alpha value is -3.55. The van der Waals surface area contributed by atoms with Crippen LogP contribution in [0.15, 0.2) is 47.3 Å². The summed E-state index contributed by atoms with van der Waals surface area (Å²) in [5.41, 5.74) is 0.710. The maximum absolute atomic E-state index is 13.6. The number of aromatic amines is 1. The number of halogens is 1. The first-order valence-corrected chi connectivity index (χ1v) is 8.58. The lowest BCUT2D eigenvalue weighted by Gasteiger charge is -2.14. The molecule has 2 aromatic carbocycles. The summed E-state index contributed by atoms with van der Waals surface area (Å²) in [7, 11) is 0. The molecule has 1 amide bonds. The van der Waals surface area contributed by atoms with E-state index in [4.69, 9.17) is 4.74 Å². The minimum atomic E-state index is -1.09. The maximum Gasteiger partial charge on any atom is 0.312 e. The monoisotopic (exact) mass is 383 g/mol. The van der Waals surface area contributed by atoms with Crippen molar-refractivity contribution in [2.75, 3.05) is 5.32 Å². The van der Waals surface area contributed by atoms with Gasteiger partial charge in [0, 0.05) is 11.1 Å². The summed E-state index contributed by atoms with van der Waals surface area (Å²) in [6.07, 6.45) is -1.31. The van der Waals surface area contributed by atoms with E-state index >= 15 is 0 Å². The predicted molar refractivity (Wildman–Crippen MR) is 101 cm³/mol. The Morgan fingerprint density at radius 2 is 1.93 bits per heavy atom. The van der Waals surface area contributed by atoms with Gasteiger partial charge < -0.3 is 10.1 Å². The zero-order valence-corrected chi connectivity index (χ0v) is 15.3. The summed E-state index contributed by atoms with van der Waals surface area (Å²) in [5.74, 6) is -1.71. The second kappa shape index (κ2) is 7.99. The summed E-state index contributed by atoms with van der Waals surface area (Å²) in [4.78, 5) is 36.2. The van der Waals surface area contributed by atoms with E-state index in [1.165, 1.54) is 19.1 Å². The van der Waals surface area contributed by atoms with Crippen molar-refractivity contribution in [3.05, 3.63) is 69.9 Å². The summed E-state index contributed by atoms with van der Waals surface area (Å²) < 4.78 is 18.7. The molecule has 0 fully saturated rings. The van der Waals surface area contributed by atoms with Gasteiger partial charge in [0.1, 0.15) is 5.82 Å². The van der Waals surface area contributed by atoms with E-state index in [2.05, 4.69) is 15.5 Å². The molecule has 28 heavy (non-hydrogen) atoms. The quantitative estimate of drug-likeness (QED) is 0.659. The molecule has 0 aliphatic rings. The number of hydrogen-bond donors (Lipinski definition) is 2. The second-order valence-corrected chi connectivity index (χ2v) is 6.31. The van der Waals surface area contributed by atoms with Gasteiger partial charge in [0.05, 0.1) is 17.5 Å². The fourth-order valence-electron chi connectivity index (χ4n) is 2.65. The number of aryl methyl sites for hydroxylation is 1. The van der Waals surface area contributed by atoms with Crippen LogP contribution >= 0.6 is 0 Å². The van der Waals surface area contributed by atoms with E-state index in [1.807, 2.05) is 0 Å². The number of carbonyl (C=O) groups excluding carboxylic acids is 2. The molecule has 1 aromatic heterocycles. The number of H-pyrrole nitrogens is 1. The van der Waals surface area contributed by atoms with Gasteiger partial charge in [-0.2, -0.15) is 5.10 Å². The molecule has 2 N–H and O–H groups in total. The molecular weight excluding hydrogens is 365 g/mol. The SMILES string of the molecule is Cc1ccc(NC(=O)[C@@H](C)OC(=O)Cc2n[nH]c(=O)c3ccccc23)cc1F. The van der Waals surface area contributed by atoms with E-state index in [0.29, 0.717) is 22.0 Å².